The number of aliphatic hydroxyl groups is 1. The molecule has 6 heteroatoms. The second-order valence-electron chi connectivity index (χ2n) is 10.7. The standard InChI is InChI=1S/C36H30N4O.Zn/c1-21-31-12-11-28(37-31)18-29-19-30(27-6-4-5-26(17-27)25-9-7-24(20-41)8-10-25)36(38-29)23(3)35-16-15-34(40-35)22(2)33-14-13-32(21)39-33;/h4-19,38-39,41H,20H2,1-3H3;/q;+2. The third-order valence-electron chi connectivity index (χ3n) is 8.11. The van der Waals surface area contributed by atoms with Gasteiger partial charge in [0, 0.05) is 22.1 Å². The van der Waals surface area contributed by atoms with E-state index >= 15 is 0 Å². The van der Waals surface area contributed by atoms with Gasteiger partial charge in [0.2, 0.25) is 0 Å². The van der Waals surface area contributed by atoms with Crippen LogP contribution in [0.4, 0.5) is 0 Å². The van der Waals surface area contributed by atoms with E-state index in [4.69, 9.17) is 9.97 Å². The maximum absolute atomic E-state index is 9.45. The van der Waals surface area contributed by atoms with E-state index in [1.807, 2.05) is 12.1 Å². The number of aromatic amines is 2. The first kappa shape index (κ1) is 27.8. The fourth-order valence-corrected chi connectivity index (χ4v) is 5.59. The summed E-state index contributed by atoms with van der Waals surface area (Å²) in [6, 6.07) is 25.2. The Bertz CT molecular complexity index is 2060. The number of hydrogen-bond donors (Lipinski definition) is 3. The molecule has 7 rings (SSSR count). The molecular weight excluding hydrogens is 570 g/mol. The fraction of sp³-hybridized carbons (Fsp3) is 0.111. The Balaban J connectivity index is 0.00000316. The van der Waals surface area contributed by atoms with Gasteiger partial charge in [0.05, 0.1) is 34.9 Å². The van der Waals surface area contributed by atoms with Crippen molar-refractivity contribution in [3.8, 4) is 22.3 Å². The molecule has 0 saturated carbocycles. The third-order valence-corrected chi connectivity index (χ3v) is 8.11. The maximum Gasteiger partial charge on any atom is 2.00 e. The number of aliphatic hydroxyl groups excluding tert-OH is 1. The van der Waals surface area contributed by atoms with E-state index in [0.717, 1.165) is 89.4 Å². The molecule has 2 aromatic carbocycles. The van der Waals surface area contributed by atoms with Crippen LogP contribution in [0.5, 0.6) is 0 Å². The Morgan fingerprint density at radius 2 is 1.26 bits per heavy atom. The van der Waals surface area contributed by atoms with E-state index in [1.54, 1.807) is 0 Å². The molecule has 200 valence electrons. The predicted octanol–water partition coefficient (Wildman–Crippen LogP) is 8.40. The van der Waals surface area contributed by atoms with Crippen molar-refractivity contribution >= 4 is 46.4 Å². The van der Waals surface area contributed by atoms with Crippen molar-refractivity contribution < 1.29 is 24.6 Å². The number of aryl methyl sites for hydroxylation is 3. The van der Waals surface area contributed by atoms with Crippen LogP contribution in [0.2, 0.25) is 0 Å². The molecule has 8 bridgehead atoms. The van der Waals surface area contributed by atoms with Crippen LogP contribution in [-0.2, 0) is 26.1 Å². The summed E-state index contributed by atoms with van der Waals surface area (Å²) in [4.78, 5) is 17.2. The van der Waals surface area contributed by atoms with E-state index < -0.39 is 0 Å². The summed E-state index contributed by atoms with van der Waals surface area (Å²) in [5, 5.41) is 9.45. The van der Waals surface area contributed by atoms with Gasteiger partial charge in [0.25, 0.3) is 0 Å². The van der Waals surface area contributed by atoms with Gasteiger partial charge in [-0.05, 0) is 114 Å². The summed E-state index contributed by atoms with van der Waals surface area (Å²) in [6.07, 6.45) is 8.34. The normalized spacial score (nSPS) is 12.0. The SMILES string of the molecule is Cc1c2nc(cc3cc(-c4cccc(-c5ccc(CO)cc5)c4)c([nH]3)c(C)c3nc(c(C)c4ccc1[nH]4)C=C3)C=C2.[Zn+2]. The summed E-state index contributed by atoms with van der Waals surface area (Å²) in [7, 11) is 0. The van der Waals surface area contributed by atoms with Crippen molar-refractivity contribution in [3.63, 3.8) is 0 Å². The summed E-state index contributed by atoms with van der Waals surface area (Å²) < 4.78 is 0. The zero-order valence-corrected chi connectivity index (χ0v) is 27.0. The van der Waals surface area contributed by atoms with E-state index in [9.17, 15) is 5.11 Å². The number of nitrogens with one attached hydrogen (secondary N) is 2. The Morgan fingerprint density at radius 3 is 1.98 bits per heavy atom. The van der Waals surface area contributed by atoms with Gasteiger partial charge in [-0.2, -0.15) is 0 Å². The summed E-state index contributed by atoms with van der Waals surface area (Å²) >= 11 is 0. The molecule has 5 heterocycles. The van der Waals surface area contributed by atoms with Crippen LogP contribution in [0, 0.1) is 20.8 Å². The average molecular weight is 600 g/mol. The first-order valence-electron chi connectivity index (χ1n) is 13.8. The quantitative estimate of drug-likeness (QED) is 0.178. The van der Waals surface area contributed by atoms with Crippen molar-refractivity contribution in [1.29, 1.82) is 0 Å². The minimum Gasteiger partial charge on any atom is -0.392 e. The monoisotopic (exact) mass is 598 g/mol. The van der Waals surface area contributed by atoms with Crippen LogP contribution in [0.1, 0.15) is 45.0 Å². The molecule has 3 aromatic heterocycles. The second kappa shape index (κ2) is 11.1. The van der Waals surface area contributed by atoms with Crippen LogP contribution in [0.3, 0.4) is 0 Å². The van der Waals surface area contributed by atoms with Crippen molar-refractivity contribution in [3.05, 3.63) is 118 Å². The molecule has 2 aliphatic rings. The molecule has 0 aliphatic carbocycles. The van der Waals surface area contributed by atoms with Gasteiger partial charge in [0.15, 0.2) is 0 Å². The fourth-order valence-electron chi connectivity index (χ4n) is 5.59. The molecular formula is C36H30N4OZn+2. The Hall–Kier alpha value is -4.38. The summed E-state index contributed by atoms with van der Waals surface area (Å²) in [6.45, 7) is 6.39. The molecule has 3 N–H and O–H groups in total. The van der Waals surface area contributed by atoms with Crippen molar-refractivity contribution in [2.75, 3.05) is 0 Å². The minimum atomic E-state index is 0. The van der Waals surface area contributed by atoms with Crippen molar-refractivity contribution in [1.82, 2.24) is 19.9 Å². The van der Waals surface area contributed by atoms with Crippen LogP contribution in [-0.4, -0.2) is 25.0 Å². The molecule has 0 saturated heterocycles. The van der Waals surface area contributed by atoms with Gasteiger partial charge in [-0.1, -0.05) is 42.5 Å². The van der Waals surface area contributed by atoms with E-state index in [1.165, 1.54) is 0 Å². The predicted molar refractivity (Wildman–Crippen MR) is 170 cm³/mol. The number of benzene rings is 2. The minimum absolute atomic E-state index is 0. The third kappa shape index (κ3) is 4.98. The van der Waals surface area contributed by atoms with Crippen molar-refractivity contribution in [2.24, 2.45) is 0 Å². The molecule has 0 spiro atoms. The van der Waals surface area contributed by atoms with Crippen LogP contribution in [0.25, 0.3) is 68.6 Å². The van der Waals surface area contributed by atoms with Crippen LogP contribution >= 0.6 is 0 Å². The molecule has 0 fully saturated rings. The van der Waals surface area contributed by atoms with E-state index in [2.05, 4.69) is 116 Å². The van der Waals surface area contributed by atoms with Gasteiger partial charge < -0.3 is 15.1 Å². The molecule has 42 heavy (non-hydrogen) atoms. The van der Waals surface area contributed by atoms with Crippen LogP contribution < -0.4 is 0 Å². The summed E-state index contributed by atoms with van der Waals surface area (Å²) in [5.74, 6) is 0. The number of hydrogen-bond acceptors (Lipinski definition) is 3. The number of fused-ring (bicyclic) bond motifs is 8. The van der Waals surface area contributed by atoms with Gasteiger partial charge in [0.1, 0.15) is 0 Å². The van der Waals surface area contributed by atoms with Gasteiger partial charge in [-0.15, -0.1) is 0 Å². The zero-order chi connectivity index (χ0) is 28.1. The molecule has 0 amide bonds. The topological polar surface area (TPSA) is 77.6 Å². The Labute approximate surface area is 257 Å². The molecule has 0 atom stereocenters. The van der Waals surface area contributed by atoms with Crippen molar-refractivity contribution in [2.45, 2.75) is 27.4 Å². The number of rotatable bonds is 3. The van der Waals surface area contributed by atoms with E-state index in [-0.39, 0.29) is 26.1 Å². The average Bonchev–Trinajstić information content (AvgIpc) is 3.83. The zero-order valence-electron chi connectivity index (χ0n) is 24.0. The number of nitrogens with zero attached hydrogens (tertiary/aromatic N) is 2. The largest absolute Gasteiger partial charge is 2.00 e. The summed E-state index contributed by atoms with van der Waals surface area (Å²) in [5.41, 5.74) is 16.6. The van der Waals surface area contributed by atoms with Gasteiger partial charge in [-0.3, -0.25) is 0 Å². The van der Waals surface area contributed by atoms with Gasteiger partial charge >= 0.3 is 19.5 Å². The second-order valence-corrected chi connectivity index (χ2v) is 10.7. The number of aromatic nitrogens is 4. The molecule has 5 nitrogen and oxygen atoms in total. The van der Waals surface area contributed by atoms with Gasteiger partial charge in [-0.25, -0.2) is 9.97 Å². The first-order chi connectivity index (χ1) is 20.0. The van der Waals surface area contributed by atoms with Crippen LogP contribution in [0.15, 0.2) is 72.8 Å². The van der Waals surface area contributed by atoms with E-state index in [0.29, 0.717) is 0 Å². The smallest absolute Gasteiger partial charge is 0.392 e. The first-order valence-corrected chi connectivity index (χ1v) is 13.8. The number of H-pyrrole nitrogens is 2. The molecule has 5 aromatic rings. The Morgan fingerprint density at radius 1 is 0.619 bits per heavy atom. The molecule has 2 aliphatic heterocycles. The molecule has 0 radical (unpaired) electrons. The maximum atomic E-state index is 9.45. The Kier molecular flexibility index (Phi) is 7.36. The molecule has 0 unspecified atom stereocenters.